The second kappa shape index (κ2) is 7.43. The van der Waals surface area contributed by atoms with E-state index in [1.54, 1.807) is 14.2 Å². The molecule has 1 aliphatic rings. The van der Waals surface area contributed by atoms with E-state index in [2.05, 4.69) is 22.2 Å². The van der Waals surface area contributed by atoms with Gasteiger partial charge in [-0.2, -0.15) is 0 Å². The molecule has 0 aromatic carbocycles. The Morgan fingerprint density at radius 1 is 1.20 bits per heavy atom. The van der Waals surface area contributed by atoms with Gasteiger partial charge in [-0.05, 0) is 18.8 Å². The average Bonchev–Trinajstić information content (AvgIpc) is 2.52. The molecule has 2 unspecified atom stereocenters. The van der Waals surface area contributed by atoms with E-state index in [0.29, 0.717) is 24.3 Å². The van der Waals surface area contributed by atoms with Crippen molar-refractivity contribution in [2.75, 3.05) is 14.2 Å². The Morgan fingerprint density at radius 2 is 1.90 bits per heavy atom. The van der Waals surface area contributed by atoms with E-state index < -0.39 is 0 Å². The minimum Gasteiger partial charge on any atom is -0.481 e. The fraction of sp³-hybridized carbons (Fsp3) is 0.733. The van der Waals surface area contributed by atoms with Crippen LogP contribution in [0.5, 0.6) is 11.8 Å². The van der Waals surface area contributed by atoms with Crippen molar-refractivity contribution in [2.45, 2.75) is 51.6 Å². The van der Waals surface area contributed by atoms with Gasteiger partial charge in [0.25, 0.3) is 0 Å². The van der Waals surface area contributed by atoms with Crippen LogP contribution in [-0.4, -0.2) is 30.2 Å². The number of nitrogens with zero attached hydrogens (tertiary/aromatic N) is 2. The predicted molar refractivity (Wildman–Crippen MR) is 78.0 cm³/mol. The molecule has 112 valence electrons. The lowest BCUT2D eigenvalue weighted by molar-refractivity contribution is 0.275. The Hall–Kier alpha value is -1.36. The first kappa shape index (κ1) is 15.0. The monoisotopic (exact) mass is 279 g/mol. The van der Waals surface area contributed by atoms with Crippen LogP contribution in [0.25, 0.3) is 0 Å². The quantitative estimate of drug-likeness (QED) is 0.867. The molecule has 2 rings (SSSR count). The van der Waals surface area contributed by atoms with Crippen LogP contribution >= 0.6 is 0 Å². The molecular weight excluding hydrogens is 254 g/mol. The summed E-state index contributed by atoms with van der Waals surface area (Å²) < 4.78 is 10.6. The molecule has 1 heterocycles. The third-order valence-corrected chi connectivity index (χ3v) is 4.18. The van der Waals surface area contributed by atoms with Crippen LogP contribution < -0.4 is 14.8 Å². The Balaban J connectivity index is 1.99. The second-order valence-corrected chi connectivity index (χ2v) is 5.39. The summed E-state index contributed by atoms with van der Waals surface area (Å²) in [6.07, 6.45) is 7.93. The van der Waals surface area contributed by atoms with Gasteiger partial charge >= 0.3 is 0 Å². The van der Waals surface area contributed by atoms with Crippen molar-refractivity contribution in [1.29, 1.82) is 0 Å². The minimum absolute atomic E-state index is 0.573. The van der Waals surface area contributed by atoms with Crippen molar-refractivity contribution in [3.05, 3.63) is 11.9 Å². The first-order valence-corrected chi connectivity index (χ1v) is 7.43. The van der Waals surface area contributed by atoms with Gasteiger partial charge in [0.1, 0.15) is 6.33 Å². The zero-order valence-electron chi connectivity index (χ0n) is 12.7. The number of hydrogen-bond donors (Lipinski definition) is 1. The number of rotatable bonds is 6. The molecule has 20 heavy (non-hydrogen) atoms. The van der Waals surface area contributed by atoms with Crippen molar-refractivity contribution in [3.63, 3.8) is 0 Å². The van der Waals surface area contributed by atoms with Crippen LogP contribution in [0.2, 0.25) is 0 Å². The lowest BCUT2D eigenvalue weighted by atomic mass is 9.84. The predicted octanol–water partition coefficient (Wildman–Crippen LogP) is 2.55. The highest BCUT2D eigenvalue weighted by Crippen LogP contribution is 2.28. The van der Waals surface area contributed by atoms with Gasteiger partial charge in [0.15, 0.2) is 0 Å². The van der Waals surface area contributed by atoms with Gasteiger partial charge in [-0.3, -0.25) is 0 Å². The van der Waals surface area contributed by atoms with E-state index in [4.69, 9.17) is 9.47 Å². The molecule has 2 atom stereocenters. The van der Waals surface area contributed by atoms with Crippen molar-refractivity contribution >= 4 is 0 Å². The van der Waals surface area contributed by atoms with Gasteiger partial charge in [0, 0.05) is 12.6 Å². The SMILES string of the molecule is CCC1CCCC(NCc2c(OC)ncnc2OC)C1. The summed E-state index contributed by atoms with van der Waals surface area (Å²) >= 11 is 0. The van der Waals surface area contributed by atoms with E-state index in [0.717, 1.165) is 11.5 Å². The van der Waals surface area contributed by atoms with Crippen LogP contribution in [0, 0.1) is 5.92 Å². The molecule has 0 spiro atoms. The lowest BCUT2D eigenvalue weighted by Gasteiger charge is -2.29. The lowest BCUT2D eigenvalue weighted by Crippen LogP contribution is -2.33. The topological polar surface area (TPSA) is 56.3 Å². The normalized spacial score (nSPS) is 22.6. The maximum absolute atomic E-state index is 5.30. The highest BCUT2D eigenvalue weighted by Gasteiger charge is 2.21. The standard InChI is InChI=1S/C15H25N3O2/c1-4-11-6-5-7-12(8-11)16-9-13-14(19-2)17-10-18-15(13)20-3/h10-12,16H,4-9H2,1-3H3. The number of nitrogens with one attached hydrogen (secondary N) is 1. The molecule has 0 aliphatic heterocycles. The minimum atomic E-state index is 0.573. The molecule has 1 aromatic heterocycles. The Kier molecular flexibility index (Phi) is 5.59. The number of aromatic nitrogens is 2. The summed E-state index contributed by atoms with van der Waals surface area (Å²) in [5.41, 5.74) is 0.899. The van der Waals surface area contributed by atoms with Crippen molar-refractivity contribution in [2.24, 2.45) is 5.92 Å². The number of hydrogen-bond acceptors (Lipinski definition) is 5. The molecule has 1 saturated carbocycles. The summed E-state index contributed by atoms with van der Waals surface area (Å²) in [6, 6.07) is 0.573. The molecule has 1 aliphatic carbocycles. The molecule has 0 bridgehead atoms. The molecule has 5 nitrogen and oxygen atoms in total. The van der Waals surface area contributed by atoms with Crippen LogP contribution in [0.1, 0.15) is 44.6 Å². The fourth-order valence-electron chi connectivity index (χ4n) is 2.98. The van der Waals surface area contributed by atoms with E-state index in [9.17, 15) is 0 Å². The van der Waals surface area contributed by atoms with E-state index >= 15 is 0 Å². The molecule has 1 fully saturated rings. The van der Waals surface area contributed by atoms with E-state index in [1.165, 1.54) is 38.4 Å². The van der Waals surface area contributed by atoms with Crippen molar-refractivity contribution < 1.29 is 9.47 Å². The van der Waals surface area contributed by atoms with E-state index in [-0.39, 0.29) is 0 Å². The smallest absolute Gasteiger partial charge is 0.224 e. The van der Waals surface area contributed by atoms with Gasteiger partial charge in [-0.15, -0.1) is 0 Å². The maximum atomic E-state index is 5.30. The molecule has 1 aromatic rings. The van der Waals surface area contributed by atoms with Crippen LogP contribution in [-0.2, 0) is 6.54 Å². The van der Waals surface area contributed by atoms with Crippen LogP contribution in [0.15, 0.2) is 6.33 Å². The molecule has 0 radical (unpaired) electrons. The average molecular weight is 279 g/mol. The van der Waals surface area contributed by atoms with Crippen LogP contribution in [0.4, 0.5) is 0 Å². The molecular formula is C15H25N3O2. The van der Waals surface area contributed by atoms with Gasteiger partial charge in [-0.25, -0.2) is 9.97 Å². The summed E-state index contributed by atoms with van der Waals surface area (Å²) in [4.78, 5) is 8.29. The molecule has 0 saturated heterocycles. The summed E-state index contributed by atoms with van der Waals surface area (Å²) in [5, 5.41) is 3.61. The number of ether oxygens (including phenoxy) is 2. The van der Waals surface area contributed by atoms with Crippen molar-refractivity contribution in [1.82, 2.24) is 15.3 Å². The summed E-state index contributed by atoms with van der Waals surface area (Å²) in [7, 11) is 3.25. The Labute approximate surface area is 121 Å². The summed E-state index contributed by atoms with van der Waals surface area (Å²) in [6.45, 7) is 2.97. The zero-order valence-corrected chi connectivity index (χ0v) is 12.7. The molecule has 1 N–H and O–H groups in total. The van der Waals surface area contributed by atoms with Crippen molar-refractivity contribution in [3.8, 4) is 11.8 Å². The summed E-state index contributed by atoms with van der Waals surface area (Å²) in [5.74, 6) is 2.04. The first-order valence-electron chi connectivity index (χ1n) is 7.43. The highest BCUT2D eigenvalue weighted by molar-refractivity contribution is 5.34. The van der Waals surface area contributed by atoms with Crippen LogP contribution in [0.3, 0.4) is 0 Å². The van der Waals surface area contributed by atoms with Gasteiger partial charge in [0.2, 0.25) is 11.8 Å². The van der Waals surface area contributed by atoms with Gasteiger partial charge in [-0.1, -0.05) is 26.2 Å². The third kappa shape index (κ3) is 3.60. The first-order chi connectivity index (χ1) is 9.78. The maximum Gasteiger partial charge on any atom is 0.224 e. The van der Waals surface area contributed by atoms with Gasteiger partial charge in [0.05, 0.1) is 19.8 Å². The molecule has 0 amide bonds. The van der Waals surface area contributed by atoms with Gasteiger partial charge < -0.3 is 14.8 Å². The Morgan fingerprint density at radius 3 is 2.50 bits per heavy atom. The largest absolute Gasteiger partial charge is 0.481 e. The number of methoxy groups -OCH3 is 2. The fourth-order valence-corrected chi connectivity index (χ4v) is 2.98. The second-order valence-electron chi connectivity index (χ2n) is 5.39. The highest BCUT2D eigenvalue weighted by atomic mass is 16.5. The Bertz CT molecular complexity index is 403. The zero-order chi connectivity index (χ0) is 14.4. The molecule has 5 heteroatoms. The third-order valence-electron chi connectivity index (χ3n) is 4.18. The van der Waals surface area contributed by atoms with E-state index in [1.807, 2.05) is 0 Å².